The van der Waals surface area contributed by atoms with Crippen LogP contribution in [0.25, 0.3) is 0 Å². The van der Waals surface area contributed by atoms with Gasteiger partial charge in [0.15, 0.2) is 0 Å². The maximum atomic E-state index is 11.2. The molecule has 0 aliphatic carbocycles. The van der Waals surface area contributed by atoms with E-state index >= 15 is 0 Å². The summed E-state index contributed by atoms with van der Waals surface area (Å²) in [6, 6.07) is 9.24. The van der Waals surface area contributed by atoms with Crippen LogP contribution in [0.2, 0.25) is 0 Å². The SMILES string of the molecule is NC(=O)CNC(=O)c1cc[c-]cc1.[CH3-].[W+2]. The molecule has 0 radical (unpaired) electrons. The molecule has 0 saturated carbocycles. The van der Waals surface area contributed by atoms with Gasteiger partial charge in [0.05, 0.1) is 6.54 Å². The Kier molecular flexibility index (Phi) is 8.88. The molecule has 3 N–H and O–H groups in total. The fourth-order valence-electron chi connectivity index (χ4n) is 0.808. The van der Waals surface area contributed by atoms with E-state index < -0.39 is 5.91 Å². The number of carbonyl (C=O) groups excluding carboxylic acids is 2. The Bertz CT molecular complexity index is 314. The Balaban J connectivity index is 0. The van der Waals surface area contributed by atoms with E-state index in [0.717, 1.165) is 0 Å². The Labute approximate surface area is 103 Å². The van der Waals surface area contributed by atoms with Gasteiger partial charge in [-0.2, -0.15) is 30.3 Å². The summed E-state index contributed by atoms with van der Waals surface area (Å²) in [5.74, 6) is -0.872. The van der Waals surface area contributed by atoms with Gasteiger partial charge in [0.2, 0.25) is 11.8 Å². The first-order chi connectivity index (χ1) is 6.20. The summed E-state index contributed by atoms with van der Waals surface area (Å²) in [5.41, 5.74) is 5.35. The first-order valence-electron chi connectivity index (χ1n) is 3.73. The molecule has 4 nitrogen and oxygen atoms in total. The van der Waals surface area contributed by atoms with Crippen LogP contribution in [0.5, 0.6) is 0 Å². The summed E-state index contributed by atoms with van der Waals surface area (Å²) >= 11 is 0. The number of nitrogens with one attached hydrogen (secondary N) is 1. The van der Waals surface area contributed by atoms with Crippen LogP contribution >= 0.6 is 0 Å². The topological polar surface area (TPSA) is 72.2 Å². The van der Waals surface area contributed by atoms with Gasteiger partial charge in [-0.25, -0.2) is 0 Å². The normalized spacial score (nSPS) is 8.00. The zero-order chi connectivity index (χ0) is 9.68. The van der Waals surface area contributed by atoms with E-state index in [1.54, 1.807) is 24.3 Å². The van der Waals surface area contributed by atoms with E-state index in [0.29, 0.717) is 5.56 Å². The molecule has 0 fully saturated rings. The summed E-state index contributed by atoms with van der Waals surface area (Å²) < 4.78 is 0. The second-order valence-corrected chi connectivity index (χ2v) is 2.44. The van der Waals surface area contributed by atoms with E-state index in [1.165, 1.54) is 0 Å². The van der Waals surface area contributed by atoms with E-state index in [4.69, 9.17) is 5.73 Å². The van der Waals surface area contributed by atoms with Crippen LogP contribution in [0.3, 0.4) is 0 Å². The molecule has 1 aromatic rings. The Morgan fingerprint density at radius 2 is 1.87 bits per heavy atom. The van der Waals surface area contributed by atoms with Gasteiger partial charge in [0, 0.05) is 0 Å². The quantitative estimate of drug-likeness (QED) is 0.738. The maximum absolute atomic E-state index is 11.2. The first kappa shape index (κ1) is 16.3. The van der Waals surface area contributed by atoms with Gasteiger partial charge in [-0.1, -0.05) is 5.56 Å². The number of hydrogen-bond acceptors (Lipinski definition) is 2. The molecule has 0 heterocycles. The molecule has 0 atom stereocenters. The zero-order valence-electron chi connectivity index (χ0n) is 8.32. The van der Waals surface area contributed by atoms with E-state index in [1.807, 2.05) is 0 Å². The largest absolute Gasteiger partial charge is 2.00 e. The molecule has 15 heavy (non-hydrogen) atoms. The summed E-state index contributed by atoms with van der Waals surface area (Å²) in [6.07, 6.45) is 0. The third-order valence-corrected chi connectivity index (χ3v) is 1.40. The molecule has 0 aromatic heterocycles. The molecule has 0 spiro atoms. The van der Waals surface area contributed by atoms with Crippen molar-refractivity contribution < 1.29 is 30.7 Å². The fourth-order valence-corrected chi connectivity index (χ4v) is 0.808. The van der Waals surface area contributed by atoms with Gasteiger partial charge in [0.25, 0.3) is 0 Å². The fraction of sp³-hybridized carbons (Fsp3) is 0.100. The van der Waals surface area contributed by atoms with Crippen molar-refractivity contribution in [3.8, 4) is 0 Å². The molecule has 0 unspecified atom stereocenters. The predicted molar refractivity (Wildman–Crippen MR) is 53.2 cm³/mol. The molecule has 5 heteroatoms. The van der Waals surface area contributed by atoms with Gasteiger partial charge >= 0.3 is 21.1 Å². The number of primary amides is 1. The second-order valence-electron chi connectivity index (χ2n) is 2.44. The Morgan fingerprint density at radius 3 is 2.33 bits per heavy atom. The number of benzene rings is 1. The summed E-state index contributed by atoms with van der Waals surface area (Å²) in [7, 11) is 0. The van der Waals surface area contributed by atoms with E-state index in [9.17, 15) is 9.59 Å². The molecule has 80 valence electrons. The van der Waals surface area contributed by atoms with E-state index in [-0.39, 0.29) is 40.9 Å². The van der Waals surface area contributed by atoms with Crippen molar-refractivity contribution in [2.24, 2.45) is 5.73 Å². The van der Waals surface area contributed by atoms with Crippen LogP contribution in [0, 0.1) is 13.5 Å². The van der Waals surface area contributed by atoms with Crippen molar-refractivity contribution in [2.75, 3.05) is 6.54 Å². The first-order valence-corrected chi connectivity index (χ1v) is 3.73. The molecule has 0 bridgehead atoms. The van der Waals surface area contributed by atoms with Crippen molar-refractivity contribution in [1.29, 1.82) is 0 Å². The molecule has 2 amide bonds. The molecule has 0 aliphatic heterocycles. The predicted octanol–water partition coefficient (Wildman–Crippen LogP) is 0.150. The number of hydrogen-bond donors (Lipinski definition) is 2. The number of carbonyl (C=O) groups is 2. The van der Waals surface area contributed by atoms with Crippen LogP contribution in [0.4, 0.5) is 0 Å². The van der Waals surface area contributed by atoms with Crippen molar-refractivity contribution >= 4 is 11.8 Å². The van der Waals surface area contributed by atoms with Crippen LogP contribution in [-0.4, -0.2) is 18.4 Å². The van der Waals surface area contributed by atoms with Crippen molar-refractivity contribution in [3.05, 3.63) is 43.3 Å². The van der Waals surface area contributed by atoms with E-state index in [2.05, 4.69) is 11.4 Å². The molecular formula is C10H12N2O2W. The standard InChI is InChI=1S/C9H9N2O2.CH3.W/c10-8(12)6-11-9(13)7-4-2-1-3-5-7;;/h2-5H,6H2,(H2,10,12)(H,11,13);1H3;/q2*-1;+2. The van der Waals surface area contributed by atoms with Crippen molar-refractivity contribution in [1.82, 2.24) is 5.32 Å². The molecule has 1 rings (SSSR count). The van der Waals surface area contributed by atoms with Crippen LogP contribution in [0.15, 0.2) is 24.3 Å². The maximum Gasteiger partial charge on any atom is 2.00 e. The molecule has 0 saturated heterocycles. The molecule has 0 aliphatic rings. The zero-order valence-corrected chi connectivity index (χ0v) is 11.3. The number of amides is 2. The van der Waals surface area contributed by atoms with Crippen LogP contribution in [0.1, 0.15) is 10.4 Å². The average molecular weight is 376 g/mol. The third kappa shape index (κ3) is 6.02. The van der Waals surface area contributed by atoms with Gasteiger partial charge in [-0.15, -0.1) is 0 Å². The van der Waals surface area contributed by atoms with Gasteiger partial charge in [0.1, 0.15) is 0 Å². The monoisotopic (exact) mass is 376 g/mol. The van der Waals surface area contributed by atoms with Crippen LogP contribution < -0.4 is 11.1 Å². The smallest absolute Gasteiger partial charge is 0.368 e. The summed E-state index contributed by atoms with van der Waals surface area (Å²) in [5, 5.41) is 2.37. The van der Waals surface area contributed by atoms with Crippen molar-refractivity contribution in [2.45, 2.75) is 0 Å². The average Bonchev–Trinajstić information content (AvgIpc) is 2.15. The molecule has 1 aromatic carbocycles. The third-order valence-electron chi connectivity index (χ3n) is 1.40. The van der Waals surface area contributed by atoms with Gasteiger partial charge in [-0.05, 0) is 0 Å². The minimum atomic E-state index is -0.559. The summed E-state index contributed by atoms with van der Waals surface area (Å²) in [4.78, 5) is 21.6. The second kappa shape index (κ2) is 8.18. The Hall–Kier alpha value is -1.15. The molecular weight excluding hydrogens is 364 g/mol. The number of rotatable bonds is 3. The van der Waals surface area contributed by atoms with Gasteiger partial charge < -0.3 is 18.5 Å². The summed E-state index contributed by atoms with van der Waals surface area (Å²) in [6.45, 7) is -0.141. The minimum absolute atomic E-state index is 0. The van der Waals surface area contributed by atoms with Crippen LogP contribution in [-0.2, 0) is 25.9 Å². The number of nitrogens with two attached hydrogens (primary N) is 1. The Morgan fingerprint density at radius 1 is 1.33 bits per heavy atom. The van der Waals surface area contributed by atoms with Gasteiger partial charge in [-0.3, -0.25) is 9.59 Å². The van der Waals surface area contributed by atoms with Crippen molar-refractivity contribution in [3.63, 3.8) is 0 Å². The minimum Gasteiger partial charge on any atom is -0.368 e.